The third-order valence-electron chi connectivity index (χ3n) is 2.40. The molecule has 1 N–H and O–H groups in total. The Morgan fingerprint density at radius 2 is 2.14 bits per heavy atom. The third kappa shape index (κ3) is 2.00. The van der Waals surface area contributed by atoms with Crippen molar-refractivity contribution in [3.05, 3.63) is 35.9 Å². The first-order valence-electron chi connectivity index (χ1n) is 4.75. The Morgan fingerprint density at radius 3 is 2.71 bits per heavy atom. The zero-order chi connectivity index (χ0) is 9.80. The summed E-state index contributed by atoms with van der Waals surface area (Å²) in [6.45, 7) is 1.16. The molecule has 0 saturated carbocycles. The molecule has 1 aliphatic heterocycles. The lowest BCUT2D eigenvalue weighted by Crippen LogP contribution is -2.41. The van der Waals surface area contributed by atoms with E-state index in [-0.39, 0.29) is 12.1 Å². The van der Waals surface area contributed by atoms with Crippen LogP contribution in [0.2, 0.25) is 0 Å². The Bertz CT molecular complexity index is 291. The molecule has 0 spiro atoms. The van der Waals surface area contributed by atoms with E-state index in [4.69, 9.17) is 4.74 Å². The molecule has 1 aromatic carbocycles. The van der Waals surface area contributed by atoms with E-state index in [2.05, 4.69) is 17.4 Å². The number of carbonyl (C=O) groups is 1. The average molecular weight is 191 g/mol. The summed E-state index contributed by atoms with van der Waals surface area (Å²) in [4.78, 5) is 10.4. The van der Waals surface area contributed by atoms with Crippen LogP contribution in [0.5, 0.6) is 0 Å². The van der Waals surface area contributed by atoms with Crippen molar-refractivity contribution in [3.8, 4) is 0 Å². The Kier molecular flexibility index (Phi) is 2.91. The van der Waals surface area contributed by atoms with Gasteiger partial charge in [-0.15, -0.1) is 0 Å². The van der Waals surface area contributed by atoms with Gasteiger partial charge < -0.3 is 14.8 Å². The maximum absolute atomic E-state index is 10.4. The SMILES string of the molecule is O=CC1CNC(c2ccccc2)CO1. The smallest absolute Gasteiger partial charge is 0.150 e. The van der Waals surface area contributed by atoms with Gasteiger partial charge in [-0.2, -0.15) is 0 Å². The zero-order valence-corrected chi connectivity index (χ0v) is 7.85. The van der Waals surface area contributed by atoms with Gasteiger partial charge in [0, 0.05) is 6.54 Å². The Hall–Kier alpha value is -1.19. The highest BCUT2D eigenvalue weighted by Gasteiger charge is 2.20. The Labute approximate surface area is 83.1 Å². The molecule has 3 nitrogen and oxygen atoms in total. The van der Waals surface area contributed by atoms with Crippen molar-refractivity contribution >= 4 is 6.29 Å². The fourth-order valence-electron chi connectivity index (χ4n) is 1.58. The van der Waals surface area contributed by atoms with Gasteiger partial charge in [0.2, 0.25) is 0 Å². The molecular formula is C11H13NO2. The quantitative estimate of drug-likeness (QED) is 0.706. The van der Waals surface area contributed by atoms with Crippen LogP contribution >= 0.6 is 0 Å². The van der Waals surface area contributed by atoms with Crippen molar-refractivity contribution in [3.63, 3.8) is 0 Å². The molecule has 1 aliphatic rings. The van der Waals surface area contributed by atoms with Gasteiger partial charge in [0.15, 0.2) is 0 Å². The molecule has 1 heterocycles. The molecule has 2 rings (SSSR count). The van der Waals surface area contributed by atoms with Crippen LogP contribution in [0.4, 0.5) is 0 Å². The van der Waals surface area contributed by atoms with Crippen molar-refractivity contribution in [1.29, 1.82) is 0 Å². The number of benzene rings is 1. The summed E-state index contributed by atoms with van der Waals surface area (Å²) < 4.78 is 5.36. The predicted octanol–water partition coefficient (Wildman–Crippen LogP) is 0.915. The van der Waals surface area contributed by atoms with Gasteiger partial charge in [-0.25, -0.2) is 0 Å². The summed E-state index contributed by atoms with van der Waals surface area (Å²) >= 11 is 0. The highest BCUT2D eigenvalue weighted by atomic mass is 16.5. The second-order valence-corrected chi connectivity index (χ2v) is 3.38. The van der Waals surface area contributed by atoms with Crippen LogP contribution in [0.3, 0.4) is 0 Å². The minimum Gasteiger partial charge on any atom is -0.367 e. The average Bonchev–Trinajstić information content (AvgIpc) is 2.30. The van der Waals surface area contributed by atoms with Crippen LogP contribution in [0.1, 0.15) is 11.6 Å². The number of rotatable bonds is 2. The van der Waals surface area contributed by atoms with E-state index in [1.807, 2.05) is 18.2 Å². The lowest BCUT2D eigenvalue weighted by molar-refractivity contribution is -0.120. The monoisotopic (exact) mass is 191 g/mol. The van der Waals surface area contributed by atoms with Gasteiger partial charge in [-0.1, -0.05) is 30.3 Å². The molecule has 0 bridgehead atoms. The molecule has 14 heavy (non-hydrogen) atoms. The van der Waals surface area contributed by atoms with E-state index >= 15 is 0 Å². The fraction of sp³-hybridized carbons (Fsp3) is 0.364. The first-order chi connectivity index (χ1) is 6.90. The predicted molar refractivity (Wildman–Crippen MR) is 53.0 cm³/mol. The molecule has 1 aromatic rings. The largest absolute Gasteiger partial charge is 0.367 e. The highest BCUT2D eigenvalue weighted by molar-refractivity contribution is 5.56. The Morgan fingerprint density at radius 1 is 1.36 bits per heavy atom. The second kappa shape index (κ2) is 4.35. The van der Waals surface area contributed by atoms with Crippen LogP contribution in [0, 0.1) is 0 Å². The molecular weight excluding hydrogens is 178 g/mol. The summed E-state index contributed by atoms with van der Waals surface area (Å²) in [5.74, 6) is 0. The van der Waals surface area contributed by atoms with Gasteiger partial charge in [0.25, 0.3) is 0 Å². The van der Waals surface area contributed by atoms with Crippen LogP contribution in [0.15, 0.2) is 30.3 Å². The summed E-state index contributed by atoms with van der Waals surface area (Å²) in [6, 6.07) is 10.3. The minimum atomic E-state index is -0.282. The van der Waals surface area contributed by atoms with E-state index in [0.29, 0.717) is 13.2 Å². The lowest BCUT2D eigenvalue weighted by atomic mass is 10.1. The normalized spacial score (nSPS) is 27.1. The first kappa shape index (κ1) is 9.37. The van der Waals surface area contributed by atoms with Gasteiger partial charge in [-0.3, -0.25) is 0 Å². The number of ether oxygens (including phenoxy) is 1. The minimum absolute atomic E-state index is 0.215. The number of aldehydes is 1. The summed E-state index contributed by atoms with van der Waals surface area (Å²) in [5, 5.41) is 3.28. The maximum atomic E-state index is 10.4. The molecule has 0 aromatic heterocycles. The van der Waals surface area contributed by atoms with Gasteiger partial charge in [0.1, 0.15) is 12.4 Å². The number of carbonyl (C=O) groups excluding carboxylic acids is 1. The molecule has 1 fully saturated rings. The summed E-state index contributed by atoms with van der Waals surface area (Å²) in [5.41, 5.74) is 1.21. The lowest BCUT2D eigenvalue weighted by Gasteiger charge is -2.27. The molecule has 74 valence electrons. The van der Waals surface area contributed by atoms with Gasteiger partial charge in [-0.05, 0) is 5.56 Å². The van der Waals surface area contributed by atoms with Crippen molar-refractivity contribution < 1.29 is 9.53 Å². The summed E-state index contributed by atoms with van der Waals surface area (Å²) in [6.07, 6.45) is 0.559. The van der Waals surface area contributed by atoms with Crippen LogP contribution in [-0.2, 0) is 9.53 Å². The molecule has 3 heteroatoms. The van der Waals surface area contributed by atoms with E-state index in [0.717, 1.165) is 6.29 Å². The first-order valence-corrected chi connectivity index (χ1v) is 4.75. The van der Waals surface area contributed by atoms with E-state index < -0.39 is 0 Å². The second-order valence-electron chi connectivity index (χ2n) is 3.38. The molecule has 2 atom stereocenters. The standard InChI is InChI=1S/C11H13NO2/c13-7-10-6-12-11(8-14-10)9-4-2-1-3-5-9/h1-5,7,10-12H,6,8H2. The van der Waals surface area contributed by atoms with Crippen LogP contribution in [-0.4, -0.2) is 25.5 Å². The number of nitrogens with one attached hydrogen (secondary N) is 1. The fourth-order valence-corrected chi connectivity index (χ4v) is 1.58. The van der Waals surface area contributed by atoms with E-state index in [1.54, 1.807) is 0 Å². The summed E-state index contributed by atoms with van der Waals surface area (Å²) in [7, 11) is 0. The topological polar surface area (TPSA) is 38.3 Å². The number of morpholine rings is 1. The number of hydrogen-bond acceptors (Lipinski definition) is 3. The molecule has 0 radical (unpaired) electrons. The van der Waals surface area contributed by atoms with Crippen molar-refractivity contribution in [2.45, 2.75) is 12.1 Å². The maximum Gasteiger partial charge on any atom is 0.150 e. The molecule has 1 saturated heterocycles. The van der Waals surface area contributed by atoms with Crippen molar-refractivity contribution in [1.82, 2.24) is 5.32 Å². The van der Waals surface area contributed by atoms with Crippen LogP contribution in [0.25, 0.3) is 0 Å². The van der Waals surface area contributed by atoms with Gasteiger partial charge in [0.05, 0.1) is 12.6 Å². The van der Waals surface area contributed by atoms with E-state index in [1.165, 1.54) is 5.56 Å². The highest BCUT2D eigenvalue weighted by Crippen LogP contribution is 2.16. The Balaban J connectivity index is 1.99. The molecule has 0 aliphatic carbocycles. The molecule has 0 amide bonds. The van der Waals surface area contributed by atoms with E-state index in [9.17, 15) is 4.79 Å². The molecule has 2 unspecified atom stereocenters. The van der Waals surface area contributed by atoms with Crippen molar-refractivity contribution in [2.24, 2.45) is 0 Å². The van der Waals surface area contributed by atoms with Gasteiger partial charge >= 0.3 is 0 Å². The number of hydrogen-bond donors (Lipinski definition) is 1. The third-order valence-corrected chi connectivity index (χ3v) is 2.40. The van der Waals surface area contributed by atoms with Crippen LogP contribution < -0.4 is 5.32 Å². The zero-order valence-electron chi connectivity index (χ0n) is 7.85. The van der Waals surface area contributed by atoms with Crippen molar-refractivity contribution in [2.75, 3.05) is 13.2 Å².